The Morgan fingerprint density at radius 2 is 1.82 bits per heavy atom. The van der Waals surface area contributed by atoms with Crippen LogP contribution >= 0.6 is 0 Å². The summed E-state index contributed by atoms with van der Waals surface area (Å²) in [5.74, 6) is 0.857. The van der Waals surface area contributed by atoms with Crippen LogP contribution in [0.5, 0.6) is 5.75 Å². The van der Waals surface area contributed by atoms with Crippen LogP contribution in [-0.4, -0.2) is 31.1 Å². The van der Waals surface area contributed by atoms with E-state index in [9.17, 15) is 4.79 Å². The Morgan fingerprint density at radius 1 is 1.14 bits per heavy atom. The van der Waals surface area contributed by atoms with E-state index in [1.54, 1.807) is 7.11 Å². The lowest BCUT2D eigenvalue weighted by Crippen LogP contribution is -2.39. The van der Waals surface area contributed by atoms with Crippen molar-refractivity contribution in [3.8, 4) is 5.75 Å². The van der Waals surface area contributed by atoms with Gasteiger partial charge in [-0.25, -0.2) is 4.79 Å². The third-order valence-corrected chi connectivity index (χ3v) is 4.30. The number of carbonyl (C=O) groups excluding carboxylic acids is 1. The second-order valence-electron chi connectivity index (χ2n) is 5.84. The summed E-state index contributed by atoms with van der Waals surface area (Å²) in [4.78, 5) is 14.1. The number of benzene rings is 2. The van der Waals surface area contributed by atoms with Crippen molar-refractivity contribution >= 4 is 16.8 Å². The highest BCUT2D eigenvalue weighted by Gasteiger charge is 2.19. The molecule has 1 atom stereocenters. The summed E-state index contributed by atoms with van der Waals surface area (Å²) in [6, 6.07) is 12.3. The quantitative estimate of drug-likeness (QED) is 0.938. The molecule has 2 aromatic rings. The van der Waals surface area contributed by atoms with Gasteiger partial charge in [0.2, 0.25) is 0 Å². The number of carbonyl (C=O) groups is 1. The molecule has 116 valence electrons. The van der Waals surface area contributed by atoms with Gasteiger partial charge in [-0.3, -0.25) is 0 Å². The second kappa shape index (κ2) is 6.26. The van der Waals surface area contributed by atoms with Gasteiger partial charge in [0.1, 0.15) is 5.75 Å². The standard InChI is InChI=1S/C18H22N2O2/c1-13(19-18(21)20-9-3-4-10-20)14-5-6-16-12-17(22-2)8-7-15(16)11-14/h5-8,11-13H,3-4,9-10H2,1-2H3,(H,19,21). The number of nitrogens with zero attached hydrogens (tertiary/aromatic N) is 1. The monoisotopic (exact) mass is 298 g/mol. The lowest BCUT2D eigenvalue weighted by molar-refractivity contribution is 0.205. The molecule has 1 N–H and O–H groups in total. The van der Waals surface area contributed by atoms with Crippen LogP contribution in [0.1, 0.15) is 31.4 Å². The van der Waals surface area contributed by atoms with Crippen molar-refractivity contribution in [2.75, 3.05) is 20.2 Å². The Morgan fingerprint density at radius 3 is 2.55 bits per heavy atom. The summed E-state index contributed by atoms with van der Waals surface area (Å²) in [7, 11) is 1.67. The highest BCUT2D eigenvalue weighted by atomic mass is 16.5. The SMILES string of the molecule is COc1ccc2cc(C(C)NC(=O)N3CCCC3)ccc2c1. The van der Waals surface area contributed by atoms with E-state index in [0.29, 0.717) is 0 Å². The Labute approximate surface area is 131 Å². The molecule has 0 bridgehead atoms. The van der Waals surface area contributed by atoms with Gasteiger partial charge in [-0.05, 0) is 54.3 Å². The molecule has 1 heterocycles. The fourth-order valence-electron chi connectivity index (χ4n) is 2.92. The van der Waals surface area contributed by atoms with Gasteiger partial charge in [0.15, 0.2) is 0 Å². The van der Waals surface area contributed by atoms with E-state index in [1.807, 2.05) is 30.0 Å². The van der Waals surface area contributed by atoms with E-state index in [0.717, 1.165) is 48.0 Å². The first kappa shape index (κ1) is 14.7. The van der Waals surface area contributed by atoms with Crippen LogP contribution in [0, 0.1) is 0 Å². The van der Waals surface area contributed by atoms with Gasteiger partial charge in [0.25, 0.3) is 0 Å². The van der Waals surface area contributed by atoms with Crippen LogP contribution in [0.15, 0.2) is 36.4 Å². The number of ether oxygens (including phenoxy) is 1. The van der Waals surface area contributed by atoms with Gasteiger partial charge in [-0.1, -0.05) is 18.2 Å². The van der Waals surface area contributed by atoms with Gasteiger partial charge in [-0.15, -0.1) is 0 Å². The highest BCUT2D eigenvalue weighted by Crippen LogP contribution is 2.24. The fourth-order valence-corrected chi connectivity index (χ4v) is 2.92. The number of nitrogens with one attached hydrogen (secondary N) is 1. The first-order chi connectivity index (χ1) is 10.7. The molecular formula is C18H22N2O2. The number of hydrogen-bond donors (Lipinski definition) is 1. The number of amides is 2. The normalized spacial score (nSPS) is 15.8. The Balaban J connectivity index is 1.75. The highest BCUT2D eigenvalue weighted by molar-refractivity contribution is 5.85. The van der Waals surface area contributed by atoms with Gasteiger partial charge in [-0.2, -0.15) is 0 Å². The van der Waals surface area contributed by atoms with Crippen LogP contribution in [-0.2, 0) is 0 Å². The van der Waals surface area contributed by atoms with Crippen LogP contribution in [0.4, 0.5) is 4.79 Å². The number of rotatable bonds is 3. The number of fused-ring (bicyclic) bond motifs is 1. The van der Waals surface area contributed by atoms with Crippen LogP contribution in [0.25, 0.3) is 10.8 Å². The smallest absolute Gasteiger partial charge is 0.317 e. The summed E-state index contributed by atoms with van der Waals surface area (Å²) in [5.41, 5.74) is 1.12. The van der Waals surface area contributed by atoms with Crippen molar-refractivity contribution in [2.24, 2.45) is 0 Å². The van der Waals surface area contributed by atoms with Gasteiger partial charge in [0, 0.05) is 13.1 Å². The summed E-state index contributed by atoms with van der Waals surface area (Å²) in [5, 5.41) is 5.38. The summed E-state index contributed by atoms with van der Waals surface area (Å²) in [6.07, 6.45) is 2.22. The maximum Gasteiger partial charge on any atom is 0.317 e. The Hall–Kier alpha value is -2.23. The zero-order valence-electron chi connectivity index (χ0n) is 13.1. The molecule has 1 aliphatic rings. The molecular weight excluding hydrogens is 276 g/mol. The third kappa shape index (κ3) is 3.01. The minimum atomic E-state index is -0.000369. The maximum atomic E-state index is 12.2. The number of likely N-dealkylation sites (tertiary alicyclic amines) is 1. The van der Waals surface area contributed by atoms with Crippen LogP contribution < -0.4 is 10.1 Å². The molecule has 0 saturated carbocycles. The molecule has 0 aromatic heterocycles. The molecule has 1 aliphatic heterocycles. The molecule has 4 heteroatoms. The molecule has 0 spiro atoms. The molecule has 1 fully saturated rings. The zero-order valence-corrected chi connectivity index (χ0v) is 13.1. The van der Waals surface area contributed by atoms with Crippen molar-refractivity contribution in [1.29, 1.82) is 0 Å². The molecule has 4 nitrogen and oxygen atoms in total. The number of hydrogen-bond acceptors (Lipinski definition) is 2. The summed E-state index contributed by atoms with van der Waals surface area (Å²) < 4.78 is 5.25. The molecule has 2 aromatic carbocycles. The summed E-state index contributed by atoms with van der Waals surface area (Å²) >= 11 is 0. The largest absolute Gasteiger partial charge is 0.497 e. The van der Waals surface area contributed by atoms with Gasteiger partial charge < -0.3 is 15.0 Å². The van der Waals surface area contributed by atoms with Crippen LogP contribution in [0.2, 0.25) is 0 Å². The first-order valence-electron chi connectivity index (χ1n) is 7.80. The van der Waals surface area contributed by atoms with E-state index in [-0.39, 0.29) is 12.1 Å². The maximum absolute atomic E-state index is 12.2. The lowest BCUT2D eigenvalue weighted by Gasteiger charge is -2.21. The molecule has 0 radical (unpaired) electrons. The van der Waals surface area contributed by atoms with E-state index >= 15 is 0 Å². The molecule has 0 aliphatic carbocycles. The second-order valence-corrected chi connectivity index (χ2v) is 5.84. The van der Waals surface area contributed by atoms with Crippen molar-refractivity contribution in [3.63, 3.8) is 0 Å². The molecule has 22 heavy (non-hydrogen) atoms. The van der Waals surface area contributed by atoms with E-state index < -0.39 is 0 Å². The fraction of sp³-hybridized carbons (Fsp3) is 0.389. The van der Waals surface area contributed by atoms with Crippen molar-refractivity contribution < 1.29 is 9.53 Å². The first-order valence-corrected chi connectivity index (χ1v) is 7.80. The van der Waals surface area contributed by atoms with Crippen molar-refractivity contribution in [1.82, 2.24) is 10.2 Å². The predicted molar refractivity (Wildman–Crippen MR) is 88.3 cm³/mol. The topological polar surface area (TPSA) is 41.6 Å². The predicted octanol–water partition coefficient (Wildman–Crippen LogP) is 3.71. The van der Waals surface area contributed by atoms with E-state index in [1.165, 1.54) is 0 Å². The summed E-state index contributed by atoms with van der Waals surface area (Å²) in [6.45, 7) is 3.77. The van der Waals surface area contributed by atoms with Gasteiger partial charge in [0.05, 0.1) is 13.2 Å². The number of methoxy groups -OCH3 is 1. The molecule has 1 saturated heterocycles. The Bertz CT molecular complexity index is 678. The van der Waals surface area contributed by atoms with E-state index in [4.69, 9.17) is 4.74 Å². The molecule has 2 amide bonds. The van der Waals surface area contributed by atoms with Crippen molar-refractivity contribution in [3.05, 3.63) is 42.0 Å². The number of urea groups is 1. The molecule has 3 rings (SSSR count). The average molecular weight is 298 g/mol. The lowest BCUT2D eigenvalue weighted by atomic mass is 10.0. The molecule has 1 unspecified atom stereocenters. The average Bonchev–Trinajstić information content (AvgIpc) is 3.08. The van der Waals surface area contributed by atoms with Crippen LogP contribution in [0.3, 0.4) is 0 Å². The van der Waals surface area contributed by atoms with E-state index in [2.05, 4.69) is 23.5 Å². The van der Waals surface area contributed by atoms with Gasteiger partial charge >= 0.3 is 6.03 Å². The Kier molecular flexibility index (Phi) is 4.18. The minimum Gasteiger partial charge on any atom is -0.497 e. The minimum absolute atomic E-state index is 0.000369. The third-order valence-electron chi connectivity index (χ3n) is 4.30. The zero-order chi connectivity index (χ0) is 15.5. The van der Waals surface area contributed by atoms with Crippen molar-refractivity contribution in [2.45, 2.75) is 25.8 Å².